The van der Waals surface area contributed by atoms with Gasteiger partial charge < -0.3 is 9.73 Å². The third-order valence-electron chi connectivity index (χ3n) is 5.20. The zero-order valence-electron chi connectivity index (χ0n) is 18.2. The number of rotatable bonds is 5. The van der Waals surface area contributed by atoms with E-state index < -0.39 is 0 Å². The summed E-state index contributed by atoms with van der Waals surface area (Å²) in [5, 5.41) is 11.9. The normalized spacial score (nSPS) is 11.0. The first-order valence-corrected chi connectivity index (χ1v) is 12.4. The fraction of sp³-hybridized carbons (Fsp3) is 0.0400. The molecule has 0 atom stereocenters. The van der Waals surface area contributed by atoms with Crippen LogP contribution in [-0.4, -0.2) is 25.7 Å². The predicted molar refractivity (Wildman–Crippen MR) is 142 cm³/mol. The Bertz CT molecular complexity index is 1550. The number of nitrogens with zero attached hydrogens (tertiary/aromatic N) is 4. The molecule has 1 amide bonds. The summed E-state index contributed by atoms with van der Waals surface area (Å²) < 4.78 is 9.13. The lowest BCUT2D eigenvalue weighted by Crippen LogP contribution is -2.18. The molecule has 0 saturated heterocycles. The van der Waals surface area contributed by atoms with Crippen LogP contribution < -0.4 is 5.32 Å². The lowest BCUT2D eigenvalue weighted by Gasteiger charge is -2.14. The summed E-state index contributed by atoms with van der Waals surface area (Å²) in [6, 6.07) is 18.4. The van der Waals surface area contributed by atoms with Gasteiger partial charge in [0, 0.05) is 26.9 Å². The zero-order valence-corrected chi connectivity index (χ0v) is 22.1. The summed E-state index contributed by atoms with van der Waals surface area (Å²) in [6.07, 6.45) is 3.36. The van der Waals surface area contributed by atoms with Gasteiger partial charge in [-0.2, -0.15) is 0 Å². The molecular weight excluding hydrogens is 598 g/mol. The molecule has 3 aromatic heterocycles. The number of aromatic nitrogens is 4. The van der Waals surface area contributed by atoms with Gasteiger partial charge in [0.1, 0.15) is 5.69 Å². The van der Waals surface area contributed by atoms with Crippen molar-refractivity contribution < 1.29 is 9.21 Å². The molecule has 7 nitrogen and oxygen atoms in total. The Morgan fingerprint density at radius 2 is 1.77 bits per heavy atom. The van der Waals surface area contributed by atoms with Crippen molar-refractivity contribution in [3.63, 3.8) is 0 Å². The Morgan fingerprint density at radius 1 is 1.00 bits per heavy atom. The number of carbonyl (C=O) groups excluding carboxylic acids is 1. The molecule has 3 heterocycles. The van der Waals surface area contributed by atoms with Crippen LogP contribution in [0.4, 0.5) is 5.69 Å². The van der Waals surface area contributed by atoms with Gasteiger partial charge in [0.2, 0.25) is 11.8 Å². The van der Waals surface area contributed by atoms with E-state index >= 15 is 0 Å². The second kappa shape index (κ2) is 9.77. The summed E-state index contributed by atoms with van der Waals surface area (Å²) in [7, 11) is 0. The molecule has 5 aromatic rings. The molecule has 2 aromatic carbocycles. The first-order valence-electron chi connectivity index (χ1n) is 10.4. The van der Waals surface area contributed by atoms with Gasteiger partial charge in [-0.15, -0.1) is 10.2 Å². The van der Waals surface area contributed by atoms with Crippen molar-refractivity contribution in [2.75, 3.05) is 5.32 Å². The summed E-state index contributed by atoms with van der Waals surface area (Å²) in [6.45, 7) is 1.89. The molecular formula is C25H16Br2ClN5O2. The monoisotopic (exact) mass is 611 g/mol. The van der Waals surface area contributed by atoms with Crippen LogP contribution >= 0.6 is 43.5 Å². The maximum Gasteiger partial charge on any atom is 0.272 e. The number of benzene rings is 2. The number of carbonyl (C=O) groups is 1. The van der Waals surface area contributed by atoms with Crippen molar-refractivity contribution in [2.24, 2.45) is 0 Å². The van der Waals surface area contributed by atoms with E-state index in [2.05, 4.69) is 52.4 Å². The minimum atomic E-state index is -0.355. The van der Waals surface area contributed by atoms with Gasteiger partial charge in [0.15, 0.2) is 5.82 Å². The smallest absolute Gasteiger partial charge is 0.272 e. The van der Waals surface area contributed by atoms with Gasteiger partial charge in [-0.3, -0.25) is 9.36 Å². The SMILES string of the molecule is Cc1cc(Br)cc(-c2nnc(-c3ccccc3)o2)c1NC(=O)c1cc(Br)cn1-c1ncccc1Cl. The van der Waals surface area contributed by atoms with Crippen molar-refractivity contribution in [3.05, 3.63) is 98.3 Å². The third kappa shape index (κ3) is 4.80. The number of hydrogen-bond acceptors (Lipinski definition) is 5. The van der Waals surface area contributed by atoms with E-state index in [1.165, 1.54) is 0 Å². The largest absolute Gasteiger partial charge is 0.416 e. The number of nitrogens with one attached hydrogen (secondary N) is 1. The molecule has 174 valence electrons. The number of pyridine rings is 1. The van der Waals surface area contributed by atoms with E-state index in [-0.39, 0.29) is 11.8 Å². The van der Waals surface area contributed by atoms with E-state index in [1.54, 1.807) is 35.2 Å². The van der Waals surface area contributed by atoms with Crippen LogP contribution in [0.25, 0.3) is 28.7 Å². The molecule has 0 fully saturated rings. The van der Waals surface area contributed by atoms with Crippen LogP contribution in [-0.2, 0) is 0 Å². The molecule has 1 N–H and O–H groups in total. The number of hydrogen-bond donors (Lipinski definition) is 1. The molecule has 0 aliphatic carbocycles. The van der Waals surface area contributed by atoms with Crippen molar-refractivity contribution in [3.8, 4) is 28.7 Å². The third-order valence-corrected chi connectivity index (χ3v) is 6.39. The number of anilines is 1. The van der Waals surface area contributed by atoms with Crippen molar-refractivity contribution in [1.82, 2.24) is 19.7 Å². The molecule has 0 saturated carbocycles. The zero-order chi connectivity index (χ0) is 24.5. The van der Waals surface area contributed by atoms with Gasteiger partial charge in [0.05, 0.1) is 16.3 Å². The van der Waals surface area contributed by atoms with Crippen molar-refractivity contribution in [1.29, 1.82) is 0 Å². The summed E-state index contributed by atoms with van der Waals surface area (Å²) in [5.74, 6) is 0.764. The lowest BCUT2D eigenvalue weighted by atomic mass is 10.1. The standard InChI is InChI=1S/C25H16Br2ClN5O2/c1-14-10-16(26)11-18(25-32-31-24(35-25)15-6-3-2-4-7-15)21(14)30-23(34)20-12-17(27)13-33(20)22-19(28)8-5-9-29-22/h2-13H,1H3,(H,30,34). The highest BCUT2D eigenvalue weighted by Crippen LogP contribution is 2.35. The number of aryl methyl sites for hydroxylation is 1. The topological polar surface area (TPSA) is 85.8 Å². The minimum Gasteiger partial charge on any atom is -0.416 e. The Hall–Kier alpha value is -3.27. The van der Waals surface area contributed by atoms with Gasteiger partial charge in [0.25, 0.3) is 5.91 Å². The van der Waals surface area contributed by atoms with Gasteiger partial charge in [-0.1, -0.05) is 45.7 Å². The average molecular weight is 614 g/mol. The number of amides is 1. The molecule has 10 heteroatoms. The molecule has 0 radical (unpaired) electrons. The molecule has 0 aliphatic rings. The van der Waals surface area contributed by atoms with E-state index in [0.717, 1.165) is 15.6 Å². The van der Waals surface area contributed by atoms with Gasteiger partial charge in [-0.25, -0.2) is 4.98 Å². The fourth-order valence-electron chi connectivity index (χ4n) is 3.62. The molecule has 0 unspecified atom stereocenters. The molecule has 5 rings (SSSR count). The molecule has 0 aliphatic heterocycles. The summed E-state index contributed by atoms with van der Waals surface area (Å²) in [4.78, 5) is 17.8. The highest BCUT2D eigenvalue weighted by Gasteiger charge is 2.22. The van der Waals surface area contributed by atoms with Crippen LogP contribution in [0, 0.1) is 6.92 Å². The number of halogens is 3. The lowest BCUT2D eigenvalue weighted by molar-refractivity contribution is 0.102. The summed E-state index contributed by atoms with van der Waals surface area (Å²) in [5.41, 5.74) is 3.11. The summed E-state index contributed by atoms with van der Waals surface area (Å²) >= 11 is 13.3. The van der Waals surface area contributed by atoms with Crippen LogP contribution in [0.5, 0.6) is 0 Å². The van der Waals surface area contributed by atoms with Crippen LogP contribution in [0.2, 0.25) is 5.02 Å². The molecule has 0 spiro atoms. The van der Waals surface area contributed by atoms with Crippen molar-refractivity contribution >= 4 is 55.1 Å². The second-order valence-corrected chi connectivity index (χ2v) is 9.84. The highest BCUT2D eigenvalue weighted by molar-refractivity contribution is 9.10. The van der Waals surface area contributed by atoms with E-state index in [9.17, 15) is 4.79 Å². The molecule has 35 heavy (non-hydrogen) atoms. The first kappa shape index (κ1) is 23.5. The highest BCUT2D eigenvalue weighted by atomic mass is 79.9. The Labute approximate surface area is 222 Å². The van der Waals surface area contributed by atoms with Crippen LogP contribution in [0.15, 0.2) is 86.4 Å². The van der Waals surface area contributed by atoms with Crippen molar-refractivity contribution in [2.45, 2.75) is 6.92 Å². The van der Waals surface area contributed by atoms with Crippen LogP contribution in [0.3, 0.4) is 0 Å². The Balaban J connectivity index is 1.54. The van der Waals surface area contributed by atoms with E-state index in [4.69, 9.17) is 16.0 Å². The van der Waals surface area contributed by atoms with Gasteiger partial charge >= 0.3 is 0 Å². The van der Waals surface area contributed by atoms with Gasteiger partial charge in [-0.05, 0) is 70.9 Å². The van der Waals surface area contributed by atoms with Crippen LogP contribution in [0.1, 0.15) is 16.1 Å². The first-order chi connectivity index (χ1) is 16.9. The molecule has 0 bridgehead atoms. The minimum absolute atomic E-state index is 0.285. The van der Waals surface area contributed by atoms with E-state index in [0.29, 0.717) is 38.1 Å². The average Bonchev–Trinajstić information content (AvgIpc) is 3.49. The fourth-order valence-corrected chi connectivity index (χ4v) is 4.83. The predicted octanol–water partition coefficient (Wildman–Crippen LogP) is 7.33. The Morgan fingerprint density at radius 3 is 2.54 bits per heavy atom. The maximum atomic E-state index is 13.5. The second-order valence-electron chi connectivity index (χ2n) is 7.60. The maximum absolute atomic E-state index is 13.5. The Kier molecular flexibility index (Phi) is 6.55. The quantitative estimate of drug-likeness (QED) is 0.224. The van der Waals surface area contributed by atoms with E-state index in [1.807, 2.05) is 49.4 Å².